The van der Waals surface area contributed by atoms with Crippen molar-refractivity contribution < 1.29 is 4.79 Å². The van der Waals surface area contributed by atoms with E-state index in [9.17, 15) is 4.79 Å². The summed E-state index contributed by atoms with van der Waals surface area (Å²) < 4.78 is 2.02. The van der Waals surface area contributed by atoms with Crippen molar-refractivity contribution in [3.8, 4) is 0 Å². The third-order valence-electron chi connectivity index (χ3n) is 3.26. The van der Waals surface area contributed by atoms with Gasteiger partial charge in [-0.15, -0.1) is 0 Å². The van der Waals surface area contributed by atoms with Crippen molar-refractivity contribution in [1.82, 2.24) is 9.88 Å². The number of nitrogens with two attached hydrogens (primary N) is 1. The maximum absolute atomic E-state index is 11.8. The Balaban J connectivity index is 1.66. The average Bonchev–Trinajstić information content (AvgIpc) is 2.99. The van der Waals surface area contributed by atoms with Crippen molar-refractivity contribution in [2.45, 2.75) is 25.4 Å². The number of rotatable bonds is 7. The van der Waals surface area contributed by atoms with Crippen molar-refractivity contribution in [2.75, 3.05) is 6.54 Å². The Hall–Kier alpha value is -2.07. The smallest absolute Gasteiger partial charge is 0.236 e. The van der Waals surface area contributed by atoms with E-state index >= 15 is 0 Å². The molecule has 2 aromatic rings. The standard InChI is InChI=1S/C16H21N3O/c17-15(9-8-14-6-2-1-3-7-14)16(20)18-10-13-19-11-4-5-12-19/h1-7,11-12,15H,8-10,13,17H2,(H,18,20)/t15-/m0/s1. The maximum atomic E-state index is 11.8. The van der Waals surface area contributed by atoms with Gasteiger partial charge in [0.25, 0.3) is 0 Å². The number of aromatic nitrogens is 1. The lowest BCUT2D eigenvalue weighted by atomic mass is 10.1. The fraction of sp³-hybridized carbons (Fsp3) is 0.312. The molecule has 1 aromatic carbocycles. The molecular weight excluding hydrogens is 250 g/mol. The molecule has 3 N–H and O–H groups in total. The number of amides is 1. The Labute approximate surface area is 119 Å². The lowest BCUT2D eigenvalue weighted by molar-refractivity contribution is -0.122. The first-order valence-corrected chi connectivity index (χ1v) is 6.93. The highest BCUT2D eigenvalue weighted by Crippen LogP contribution is 2.04. The van der Waals surface area contributed by atoms with Crippen LogP contribution in [0, 0.1) is 0 Å². The van der Waals surface area contributed by atoms with E-state index in [4.69, 9.17) is 5.73 Å². The summed E-state index contributed by atoms with van der Waals surface area (Å²) in [7, 11) is 0. The molecule has 0 fully saturated rings. The summed E-state index contributed by atoms with van der Waals surface area (Å²) in [6, 6.07) is 13.6. The number of hydrogen-bond acceptors (Lipinski definition) is 2. The minimum absolute atomic E-state index is 0.0758. The molecule has 0 saturated heterocycles. The topological polar surface area (TPSA) is 60.1 Å². The van der Waals surface area contributed by atoms with Crippen molar-refractivity contribution in [1.29, 1.82) is 0 Å². The highest BCUT2D eigenvalue weighted by molar-refractivity contribution is 5.81. The third-order valence-corrected chi connectivity index (χ3v) is 3.26. The van der Waals surface area contributed by atoms with Gasteiger partial charge in [0.2, 0.25) is 5.91 Å². The minimum Gasteiger partial charge on any atom is -0.353 e. The number of carbonyl (C=O) groups excluding carboxylic acids is 1. The molecule has 1 aromatic heterocycles. The summed E-state index contributed by atoms with van der Waals surface area (Å²) in [4.78, 5) is 11.8. The molecule has 0 aliphatic rings. The number of benzene rings is 1. The average molecular weight is 271 g/mol. The Kier molecular flexibility index (Phi) is 5.38. The molecule has 1 heterocycles. The van der Waals surface area contributed by atoms with E-state index in [1.54, 1.807) is 0 Å². The van der Waals surface area contributed by atoms with Crippen molar-refractivity contribution >= 4 is 5.91 Å². The van der Waals surface area contributed by atoms with Gasteiger partial charge in [-0.05, 0) is 30.5 Å². The Morgan fingerprint density at radius 1 is 1.15 bits per heavy atom. The number of nitrogens with one attached hydrogen (secondary N) is 1. The van der Waals surface area contributed by atoms with E-state index in [1.807, 2.05) is 47.3 Å². The number of aryl methyl sites for hydroxylation is 1. The molecular formula is C16H21N3O. The van der Waals surface area contributed by atoms with Crippen LogP contribution in [0.25, 0.3) is 0 Å². The molecule has 4 heteroatoms. The summed E-state index contributed by atoms with van der Waals surface area (Å²) in [5.41, 5.74) is 7.12. The van der Waals surface area contributed by atoms with Crippen LogP contribution in [0.3, 0.4) is 0 Å². The SMILES string of the molecule is N[C@@H](CCc1ccccc1)C(=O)NCCn1cccc1. The Bertz CT molecular complexity index is 508. The predicted octanol–water partition coefficient (Wildman–Crippen LogP) is 1.56. The Morgan fingerprint density at radius 3 is 2.55 bits per heavy atom. The molecule has 0 bridgehead atoms. The van der Waals surface area contributed by atoms with Crippen LogP contribution in [0.4, 0.5) is 0 Å². The van der Waals surface area contributed by atoms with Gasteiger partial charge in [-0.25, -0.2) is 0 Å². The molecule has 0 radical (unpaired) electrons. The van der Waals surface area contributed by atoms with Crippen molar-refractivity contribution in [3.05, 3.63) is 60.4 Å². The van der Waals surface area contributed by atoms with E-state index in [2.05, 4.69) is 17.4 Å². The van der Waals surface area contributed by atoms with Crippen molar-refractivity contribution in [2.24, 2.45) is 5.73 Å². The van der Waals surface area contributed by atoms with Crippen LogP contribution >= 0.6 is 0 Å². The zero-order chi connectivity index (χ0) is 14.2. The summed E-state index contributed by atoms with van der Waals surface area (Å²) in [6.07, 6.45) is 5.44. The van der Waals surface area contributed by atoms with E-state index in [-0.39, 0.29) is 5.91 Å². The summed E-state index contributed by atoms with van der Waals surface area (Å²) in [5, 5.41) is 2.87. The van der Waals surface area contributed by atoms with E-state index in [1.165, 1.54) is 5.56 Å². The van der Waals surface area contributed by atoms with Gasteiger partial charge < -0.3 is 15.6 Å². The van der Waals surface area contributed by atoms with Crippen LogP contribution in [0.1, 0.15) is 12.0 Å². The van der Waals surface area contributed by atoms with Crippen LogP contribution in [0.5, 0.6) is 0 Å². The molecule has 20 heavy (non-hydrogen) atoms. The van der Waals surface area contributed by atoms with Crippen LogP contribution < -0.4 is 11.1 Å². The maximum Gasteiger partial charge on any atom is 0.236 e. The number of hydrogen-bond donors (Lipinski definition) is 2. The number of nitrogens with zero attached hydrogens (tertiary/aromatic N) is 1. The highest BCUT2D eigenvalue weighted by atomic mass is 16.2. The van der Waals surface area contributed by atoms with Crippen LogP contribution in [-0.2, 0) is 17.8 Å². The summed E-state index contributed by atoms with van der Waals surface area (Å²) in [6.45, 7) is 1.37. The summed E-state index contributed by atoms with van der Waals surface area (Å²) >= 11 is 0. The van der Waals surface area contributed by atoms with Crippen molar-refractivity contribution in [3.63, 3.8) is 0 Å². The first-order chi connectivity index (χ1) is 9.75. The first-order valence-electron chi connectivity index (χ1n) is 6.93. The van der Waals surface area contributed by atoms with Gasteiger partial charge in [0, 0.05) is 25.5 Å². The monoisotopic (exact) mass is 271 g/mol. The largest absolute Gasteiger partial charge is 0.353 e. The van der Waals surface area contributed by atoms with Gasteiger partial charge in [-0.3, -0.25) is 4.79 Å². The third kappa shape index (κ3) is 4.55. The second kappa shape index (κ2) is 7.50. The summed E-state index contributed by atoms with van der Waals surface area (Å²) in [5.74, 6) is -0.0758. The van der Waals surface area contributed by atoms with Gasteiger partial charge in [-0.2, -0.15) is 0 Å². The van der Waals surface area contributed by atoms with Crippen LogP contribution in [0.2, 0.25) is 0 Å². The molecule has 106 valence electrons. The van der Waals surface area contributed by atoms with Crippen LogP contribution in [-0.4, -0.2) is 23.1 Å². The lowest BCUT2D eigenvalue weighted by Crippen LogP contribution is -2.41. The van der Waals surface area contributed by atoms with E-state index in [0.29, 0.717) is 13.0 Å². The fourth-order valence-corrected chi connectivity index (χ4v) is 2.06. The first kappa shape index (κ1) is 14.3. The molecule has 0 saturated carbocycles. The predicted molar refractivity (Wildman–Crippen MR) is 80.2 cm³/mol. The van der Waals surface area contributed by atoms with Gasteiger partial charge in [-0.1, -0.05) is 30.3 Å². The van der Waals surface area contributed by atoms with Gasteiger partial charge >= 0.3 is 0 Å². The fourth-order valence-electron chi connectivity index (χ4n) is 2.06. The normalized spacial score (nSPS) is 12.1. The van der Waals surface area contributed by atoms with Gasteiger partial charge in [0.05, 0.1) is 6.04 Å². The second-order valence-corrected chi connectivity index (χ2v) is 4.84. The second-order valence-electron chi connectivity index (χ2n) is 4.84. The molecule has 4 nitrogen and oxygen atoms in total. The molecule has 0 aliphatic carbocycles. The molecule has 1 atom stereocenters. The highest BCUT2D eigenvalue weighted by Gasteiger charge is 2.12. The zero-order valence-electron chi connectivity index (χ0n) is 11.5. The van der Waals surface area contributed by atoms with Crippen LogP contribution in [0.15, 0.2) is 54.9 Å². The van der Waals surface area contributed by atoms with E-state index < -0.39 is 6.04 Å². The lowest BCUT2D eigenvalue weighted by Gasteiger charge is -2.12. The minimum atomic E-state index is -0.445. The zero-order valence-corrected chi connectivity index (χ0v) is 11.5. The van der Waals surface area contributed by atoms with Gasteiger partial charge in [0.1, 0.15) is 0 Å². The molecule has 1 amide bonds. The number of carbonyl (C=O) groups is 1. The molecule has 0 spiro atoms. The van der Waals surface area contributed by atoms with Gasteiger partial charge in [0.15, 0.2) is 0 Å². The molecule has 2 rings (SSSR count). The Morgan fingerprint density at radius 2 is 1.85 bits per heavy atom. The van der Waals surface area contributed by atoms with E-state index in [0.717, 1.165) is 13.0 Å². The molecule has 0 unspecified atom stereocenters. The quantitative estimate of drug-likeness (QED) is 0.803. The molecule has 0 aliphatic heterocycles.